The summed E-state index contributed by atoms with van der Waals surface area (Å²) in [6.45, 7) is 5.81. The van der Waals surface area contributed by atoms with Gasteiger partial charge in [0.25, 0.3) is 5.91 Å². The molecule has 0 aliphatic carbocycles. The first-order valence-corrected chi connectivity index (χ1v) is 7.88. The molecule has 1 N–H and O–H groups in total. The van der Waals surface area contributed by atoms with E-state index in [1.807, 2.05) is 4.90 Å². The summed E-state index contributed by atoms with van der Waals surface area (Å²) in [5, 5.41) is 2.38. The van der Waals surface area contributed by atoms with Gasteiger partial charge >= 0.3 is 0 Å². The molecule has 0 radical (unpaired) electrons. The number of amides is 1. The standard InChI is InChI=1S/C17H20F2N4O/c1-3-7-23(8-4-2)17-20-10-12(11-21-17)16(24)22-15-6-5-13(18)9-14(15)19/h5-6,9-11H,3-4,7-8H2,1-2H3,(H,22,24). The maximum absolute atomic E-state index is 13.6. The van der Waals surface area contributed by atoms with E-state index in [0.717, 1.165) is 32.0 Å². The quantitative estimate of drug-likeness (QED) is 0.840. The topological polar surface area (TPSA) is 58.1 Å². The van der Waals surface area contributed by atoms with E-state index in [9.17, 15) is 13.6 Å². The fraction of sp³-hybridized carbons (Fsp3) is 0.353. The largest absolute Gasteiger partial charge is 0.341 e. The molecule has 7 heteroatoms. The van der Waals surface area contributed by atoms with Gasteiger partial charge in [-0.1, -0.05) is 13.8 Å². The first kappa shape index (κ1) is 17.8. The van der Waals surface area contributed by atoms with Crippen LogP contribution in [0.15, 0.2) is 30.6 Å². The van der Waals surface area contributed by atoms with Gasteiger partial charge in [-0.25, -0.2) is 18.7 Å². The number of rotatable bonds is 7. The second kappa shape index (κ2) is 8.33. The van der Waals surface area contributed by atoms with Crippen LogP contribution in [-0.4, -0.2) is 29.0 Å². The van der Waals surface area contributed by atoms with E-state index in [0.29, 0.717) is 12.0 Å². The van der Waals surface area contributed by atoms with Gasteiger partial charge in [-0.05, 0) is 25.0 Å². The molecule has 1 heterocycles. The summed E-state index contributed by atoms with van der Waals surface area (Å²) in [6.07, 6.45) is 4.74. The van der Waals surface area contributed by atoms with Crippen LogP contribution in [0.25, 0.3) is 0 Å². The van der Waals surface area contributed by atoms with Crippen molar-refractivity contribution in [2.75, 3.05) is 23.3 Å². The molecule has 5 nitrogen and oxygen atoms in total. The minimum atomic E-state index is -0.835. The van der Waals surface area contributed by atoms with Crippen LogP contribution >= 0.6 is 0 Å². The van der Waals surface area contributed by atoms with Gasteiger partial charge in [0, 0.05) is 31.5 Å². The Morgan fingerprint density at radius 1 is 1.12 bits per heavy atom. The zero-order chi connectivity index (χ0) is 17.5. The number of hydrogen-bond donors (Lipinski definition) is 1. The predicted molar refractivity (Wildman–Crippen MR) is 89.1 cm³/mol. The molecule has 0 saturated heterocycles. The summed E-state index contributed by atoms with van der Waals surface area (Å²) in [5.74, 6) is -1.53. The Kier molecular flexibility index (Phi) is 6.17. The Bertz CT molecular complexity index is 685. The Labute approximate surface area is 139 Å². The smallest absolute Gasteiger partial charge is 0.258 e. The molecule has 0 aliphatic heterocycles. The lowest BCUT2D eigenvalue weighted by Crippen LogP contribution is -2.27. The molecule has 128 valence electrons. The highest BCUT2D eigenvalue weighted by Gasteiger charge is 2.13. The van der Waals surface area contributed by atoms with E-state index in [4.69, 9.17) is 0 Å². The molecule has 0 unspecified atom stereocenters. The number of aromatic nitrogens is 2. The van der Waals surface area contributed by atoms with Gasteiger partial charge in [0.2, 0.25) is 5.95 Å². The Morgan fingerprint density at radius 2 is 1.75 bits per heavy atom. The number of nitrogens with zero attached hydrogens (tertiary/aromatic N) is 3. The molecule has 0 aliphatic rings. The lowest BCUT2D eigenvalue weighted by atomic mass is 10.2. The van der Waals surface area contributed by atoms with Gasteiger partial charge in [-0.15, -0.1) is 0 Å². The normalized spacial score (nSPS) is 10.5. The van der Waals surface area contributed by atoms with Crippen molar-refractivity contribution >= 4 is 17.5 Å². The Hall–Kier alpha value is -2.57. The molecule has 1 aromatic carbocycles. The summed E-state index contributed by atoms with van der Waals surface area (Å²) < 4.78 is 26.4. The molecule has 0 spiro atoms. The Morgan fingerprint density at radius 3 is 2.29 bits per heavy atom. The molecule has 2 rings (SSSR count). The van der Waals surface area contributed by atoms with E-state index in [2.05, 4.69) is 29.1 Å². The van der Waals surface area contributed by atoms with Gasteiger partial charge in [-0.3, -0.25) is 4.79 Å². The van der Waals surface area contributed by atoms with Gasteiger partial charge in [0.1, 0.15) is 11.6 Å². The van der Waals surface area contributed by atoms with Crippen LogP contribution in [0, 0.1) is 11.6 Å². The average Bonchev–Trinajstić information content (AvgIpc) is 2.57. The first-order valence-electron chi connectivity index (χ1n) is 7.88. The molecule has 2 aromatic rings. The number of halogens is 2. The Balaban J connectivity index is 2.10. The monoisotopic (exact) mass is 334 g/mol. The first-order chi connectivity index (χ1) is 11.5. The lowest BCUT2D eigenvalue weighted by molar-refractivity contribution is 0.102. The SMILES string of the molecule is CCCN(CCC)c1ncc(C(=O)Nc2ccc(F)cc2F)cn1. The highest BCUT2D eigenvalue weighted by molar-refractivity contribution is 6.03. The number of anilines is 2. The van der Waals surface area contributed by atoms with Crippen LogP contribution in [-0.2, 0) is 0 Å². The van der Waals surface area contributed by atoms with Crippen LogP contribution in [0.1, 0.15) is 37.0 Å². The molecule has 1 amide bonds. The average molecular weight is 334 g/mol. The molecular weight excluding hydrogens is 314 g/mol. The molecule has 0 atom stereocenters. The number of carbonyl (C=O) groups is 1. The number of carbonyl (C=O) groups excluding carboxylic acids is 1. The third-order valence-electron chi connectivity index (χ3n) is 3.35. The fourth-order valence-electron chi connectivity index (χ4n) is 2.24. The van der Waals surface area contributed by atoms with Crippen LogP contribution in [0.4, 0.5) is 20.4 Å². The molecule has 0 fully saturated rings. The predicted octanol–water partition coefficient (Wildman–Crippen LogP) is 3.63. The van der Waals surface area contributed by atoms with Gasteiger partial charge in [0.15, 0.2) is 0 Å². The van der Waals surface area contributed by atoms with Crippen LogP contribution < -0.4 is 10.2 Å². The highest BCUT2D eigenvalue weighted by Crippen LogP contribution is 2.16. The van der Waals surface area contributed by atoms with Crippen molar-refractivity contribution in [2.45, 2.75) is 26.7 Å². The van der Waals surface area contributed by atoms with Crippen molar-refractivity contribution < 1.29 is 13.6 Å². The van der Waals surface area contributed by atoms with E-state index in [1.165, 1.54) is 18.5 Å². The van der Waals surface area contributed by atoms with Crippen molar-refractivity contribution in [3.8, 4) is 0 Å². The van der Waals surface area contributed by atoms with E-state index < -0.39 is 17.5 Å². The van der Waals surface area contributed by atoms with Gasteiger partial charge < -0.3 is 10.2 Å². The van der Waals surface area contributed by atoms with Crippen LogP contribution in [0.3, 0.4) is 0 Å². The van der Waals surface area contributed by atoms with Crippen molar-refractivity contribution in [1.82, 2.24) is 9.97 Å². The number of hydrogen-bond acceptors (Lipinski definition) is 4. The van der Waals surface area contributed by atoms with E-state index >= 15 is 0 Å². The molecular formula is C17H20F2N4O. The van der Waals surface area contributed by atoms with Gasteiger partial charge in [-0.2, -0.15) is 0 Å². The summed E-state index contributed by atoms with van der Waals surface area (Å²) in [5.41, 5.74) is 0.111. The summed E-state index contributed by atoms with van der Waals surface area (Å²) >= 11 is 0. The van der Waals surface area contributed by atoms with Crippen molar-refractivity contribution in [3.05, 3.63) is 47.8 Å². The third-order valence-corrected chi connectivity index (χ3v) is 3.35. The number of benzene rings is 1. The summed E-state index contributed by atoms with van der Waals surface area (Å²) in [6, 6.07) is 2.95. The third kappa shape index (κ3) is 4.47. The fourth-order valence-corrected chi connectivity index (χ4v) is 2.24. The van der Waals surface area contributed by atoms with Crippen molar-refractivity contribution in [3.63, 3.8) is 0 Å². The summed E-state index contributed by atoms with van der Waals surface area (Å²) in [7, 11) is 0. The molecule has 1 aromatic heterocycles. The lowest BCUT2D eigenvalue weighted by Gasteiger charge is -2.21. The molecule has 0 bridgehead atoms. The zero-order valence-electron chi connectivity index (χ0n) is 13.7. The second-order valence-corrected chi connectivity index (χ2v) is 5.34. The van der Waals surface area contributed by atoms with Crippen molar-refractivity contribution in [1.29, 1.82) is 0 Å². The van der Waals surface area contributed by atoms with E-state index in [1.54, 1.807) is 0 Å². The minimum Gasteiger partial charge on any atom is -0.341 e. The zero-order valence-corrected chi connectivity index (χ0v) is 13.7. The van der Waals surface area contributed by atoms with E-state index in [-0.39, 0.29) is 11.3 Å². The molecule has 24 heavy (non-hydrogen) atoms. The number of nitrogens with one attached hydrogen (secondary N) is 1. The van der Waals surface area contributed by atoms with Gasteiger partial charge in [0.05, 0.1) is 11.3 Å². The molecule has 0 saturated carbocycles. The minimum absolute atomic E-state index is 0.0935. The van der Waals surface area contributed by atoms with Crippen molar-refractivity contribution in [2.24, 2.45) is 0 Å². The highest BCUT2D eigenvalue weighted by atomic mass is 19.1. The van der Waals surface area contributed by atoms with Crippen LogP contribution in [0.5, 0.6) is 0 Å². The second-order valence-electron chi connectivity index (χ2n) is 5.34. The summed E-state index contributed by atoms with van der Waals surface area (Å²) in [4.78, 5) is 22.6. The maximum Gasteiger partial charge on any atom is 0.258 e. The maximum atomic E-state index is 13.6. The van der Waals surface area contributed by atoms with Crippen LogP contribution in [0.2, 0.25) is 0 Å².